The van der Waals surface area contributed by atoms with Crippen molar-refractivity contribution in [3.8, 4) is 0 Å². The Hall–Kier alpha value is -2.42. The third-order valence-corrected chi connectivity index (χ3v) is 5.62. The molecule has 1 aliphatic heterocycles. The highest BCUT2D eigenvalue weighted by atomic mass is 32.1. The van der Waals surface area contributed by atoms with Crippen LogP contribution in [0, 0.1) is 0 Å². The van der Waals surface area contributed by atoms with Gasteiger partial charge in [-0.25, -0.2) is 4.79 Å². The van der Waals surface area contributed by atoms with Gasteiger partial charge in [0.25, 0.3) is 11.5 Å². The van der Waals surface area contributed by atoms with Gasteiger partial charge in [-0.05, 0) is 18.9 Å². The van der Waals surface area contributed by atoms with Crippen LogP contribution in [0.2, 0.25) is 0 Å². The highest BCUT2D eigenvalue weighted by molar-refractivity contribution is 7.20. The Morgan fingerprint density at radius 1 is 1.24 bits per heavy atom. The average molecular weight is 364 g/mol. The number of nitrogens with one attached hydrogen (secondary N) is 1. The van der Waals surface area contributed by atoms with E-state index in [9.17, 15) is 19.2 Å². The van der Waals surface area contributed by atoms with E-state index in [-0.39, 0.29) is 11.8 Å². The fourth-order valence-corrected chi connectivity index (χ4v) is 4.00. The predicted molar refractivity (Wildman–Crippen MR) is 95.1 cm³/mol. The van der Waals surface area contributed by atoms with Crippen molar-refractivity contribution in [1.82, 2.24) is 19.4 Å². The lowest BCUT2D eigenvalue weighted by molar-refractivity contribution is -0.127. The van der Waals surface area contributed by atoms with Gasteiger partial charge in [0.2, 0.25) is 5.91 Å². The molecular weight excluding hydrogens is 344 g/mol. The van der Waals surface area contributed by atoms with Crippen molar-refractivity contribution in [1.29, 1.82) is 0 Å². The smallest absolute Gasteiger partial charge is 0.331 e. The number of thiophene rings is 1. The van der Waals surface area contributed by atoms with Gasteiger partial charge in [-0.1, -0.05) is 0 Å². The SMILES string of the molecule is Cn1c(=O)c2cc(C(=O)NCCCN3CCCC3=O)sc2n(C)c1=O. The lowest BCUT2D eigenvalue weighted by Gasteiger charge is -2.15. The van der Waals surface area contributed by atoms with Gasteiger partial charge in [0, 0.05) is 40.2 Å². The number of aromatic nitrogens is 2. The van der Waals surface area contributed by atoms with E-state index in [1.54, 1.807) is 7.05 Å². The topological polar surface area (TPSA) is 93.4 Å². The zero-order valence-electron chi connectivity index (χ0n) is 14.2. The molecule has 0 bridgehead atoms. The average Bonchev–Trinajstić information content (AvgIpc) is 3.21. The molecule has 0 saturated carbocycles. The van der Waals surface area contributed by atoms with Crippen LogP contribution in [0.3, 0.4) is 0 Å². The van der Waals surface area contributed by atoms with Crippen molar-refractivity contribution < 1.29 is 9.59 Å². The first kappa shape index (κ1) is 17.4. The number of likely N-dealkylation sites (tertiary alicyclic amines) is 1. The van der Waals surface area contributed by atoms with Gasteiger partial charge >= 0.3 is 5.69 Å². The quantitative estimate of drug-likeness (QED) is 0.758. The van der Waals surface area contributed by atoms with Gasteiger partial charge in [-0.2, -0.15) is 0 Å². The molecule has 1 aliphatic rings. The lowest BCUT2D eigenvalue weighted by Crippen LogP contribution is -2.36. The Labute approximate surface area is 147 Å². The van der Waals surface area contributed by atoms with E-state index < -0.39 is 11.2 Å². The van der Waals surface area contributed by atoms with E-state index in [1.165, 1.54) is 17.7 Å². The van der Waals surface area contributed by atoms with Crippen LogP contribution < -0.4 is 16.6 Å². The Kier molecular flexibility index (Phi) is 4.76. The fraction of sp³-hybridized carbons (Fsp3) is 0.500. The molecule has 2 amide bonds. The van der Waals surface area contributed by atoms with Crippen molar-refractivity contribution >= 4 is 33.4 Å². The molecule has 2 aromatic rings. The molecule has 1 N–H and O–H groups in total. The fourth-order valence-electron chi connectivity index (χ4n) is 2.97. The van der Waals surface area contributed by atoms with E-state index in [1.807, 2.05) is 4.90 Å². The Morgan fingerprint density at radius 2 is 2.00 bits per heavy atom. The lowest BCUT2D eigenvalue weighted by atomic mass is 10.3. The standard InChI is InChI=1S/C16H20N4O4S/c1-18-14(23)10-9-11(25-15(10)19(2)16(18)24)13(22)17-6-4-8-20-7-3-5-12(20)21/h9H,3-8H2,1-2H3,(H,17,22). The molecule has 0 atom stereocenters. The Morgan fingerprint density at radius 3 is 2.68 bits per heavy atom. The van der Waals surface area contributed by atoms with Gasteiger partial charge in [0.15, 0.2) is 0 Å². The summed E-state index contributed by atoms with van der Waals surface area (Å²) in [5.41, 5.74) is -0.817. The molecule has 1 fully saturated rings. The second kappa shape index (κ2) is 6.83. The van der Waals surface area contributed by atoms with Gasteiger partial charge in [-0.3, -0.25) is 23.5 Å². The summed E-state index contributed by atoms with van der Waals surface area (Å²) in [5.74, 6) is -0.101. The van der Waals surface area contributed by atoms with Crippen molar-refractivity contribution in [2.24, 2.45) is 14.1 Å². The summed E-state index contributed by atoms with van der Waals surface area (Å²) in [7, 11) is 3.00. The minimum absolute atomic E-state index is 0.174. The van der Waals surface area contributed by atoms with Crippen LogP contribution in [-0.4, -0.2) is 45.5 Å². The van der Waals surface area contributed by atoms with Crippen LogP contribution in [-0.2, 0) is 18.9 Å². The molecule has 0 aromatic carbocycles. The number of hydrogen-bond donors (Lipinski definition) is 1. The molecule has 134 valence electrons. The van der Waals surface area contributed by atoms with Gasteiger partial charge in [0.1, 0.15) is 4.83 Å². The first-order chi connectivity index (χ1) is 11.9. The van der Waals surface area contributed by atoms with Crippen LogP contribution in [0.25, 0.3) is 10.2 Å². The molecule has 9 heteroatoms. The van der Waals surface area contributed by atoms with Crippen molar-refractivity contribution in [3.05, 3.63) is 31.8 Å². The number of amides is 2. The minimum atomic E-state index is -0.415. The van der Waals surface area contributed by atoms with Crippen LogP contribution in [0.15, 0.2) is 15.7 Å². The largest absolute Gasteiger partial charge is 0.351 e. The summed E-state index contributed by atoms with van der Waals surface area (Å²) in [6, 6.07) is 1.53. The maximum Gasteiger partial charge on any atom is 0.331 e. The Balaban J connectivity index is 1.67. The molecule has 3 heterocycles. The van der Waals surface area contributed by atoms with E-state index in [0.29, 0.717) is 41.0 Å². The molecule has 0 spiro atoms. The van der Waals surface area contributed by atoms with Crippen LogP contribution in [0.4, 0.5) is 0 Å². The molecule has 1 saturated heterocycles. The summed E-state index contributed by atoms with van der Waals surface area (Å²) in [4.78, 5) is 50.6. The van der Waals surface area contributed by atoms with Crippen LogP contribution in [0.1, 0.15) is 28.9 Å². The summed E-state index contributed by atoms with van der Waals surface area (Å²) in [5, 5.41) is 3.17. The highest BCUT2D eigenvalue weighted by Crippen LogP contribution is 2.21. The minimum Gasteiger partial charge on any atom is -0.351 e. The zero-order valence-corrected chi connectivity index (χ0v) is 15.0. The second-order valence-electron chi connectivity index (χ2n) is 6.13. The molecule has 25 heavy (non-hydrogen) atoms. The van der Waals surface area contributed by atoms with Crippen molar-refractivity contribution in [3.63, 3.8) is 0 Å². The highest BCUT2D eigenvalue weighted by Gasteiger charge is 2.19. The molecule has 0 radical (unpaired) electrons. The number of fused-ring (bicyclic) bond motifs is 1. The van der Waals surface area contributed by atoms with Crippen molar-refractivity contribution in [2.45, 2.75) is 19.3 Å². The van der Waals surface area contributed by atoms with Crippen LogP contribution in [0.5, 0.6) is 0 Å². The summed E-state index contributed by atoms with van der Waals surface area (Å²) in [6.45, 7) is 1.88. The van der Waals surface area contributed by atoms with Gasteiger partial charge < -0.3 is 10.2 Å². The van der Waals surface area contributed by atoms with Crippen molar-refractivity contribution in [2.75, 3.05) is 19.6 Å². The Bertz CT molecular complexity index is 955. The number of rotatable bonds is 5. The van der Waals surface area contributed by atoms with Gasteiger partial charge in [-0.15, -0.1) is 11.3 Å². The third-order valence-electron chi connectivity index (χ3n) is 4.41. The molecule has 0 aliphatic carbocycles. The first-order valence-electron chi connectivity index (χ1n) is 8.15. The zero-order chi connectivity index (χ0) is 18.1. The summed E-state index contributed by atoms with van der Waals surface area (Å²) in [6.07, 6.45) is 2.20. The second-order valence-corrected chi connectivity index (χ2v) is 7.16. The number of nitrogens with zero attached hydrogens (tertiary/aromatic N) is 3. The van der Waals surface area contributed by atoms with E-state index in [0.717, 1.165) is 28.9 Å². The third kappa shape index (κ3) is 3.23. The first-order valence-corrected chi connectivity index (χ1v) is 8.97. The number of carbonyl (C=O) groups excluding carboxylic acids is 2. The predicted octanol–water partition coefficient (Wildman–Crippen LogP) is 0.0410. The molecule has 3 rings (SSSR count). The summed E-state index contributed by atoms with van der Waals surface area (Å²) >= 11 is 1.13. The maximum atomic E-state index is 12.3. The summed E-state index contributed by atoms with van der Waals surface area (Å²) < 4.78 is 2.40. The molecule has 0 unspecified atom stereocenters. The molecular formula is C16H20N4O4S. The van der Waals surface area contributed by atoms with E-state index in [2.05, 4.69) is 5.32 Å². The van der Waals surface area contributed by atoms with Crippen LogP contribution >= 0.6 is 11.3 Å². The number of carbonyl (C=O) groups is 2. The van der Waals surface area contributed by atoms with E-state index >= 15 is 0 Å². The maximum absolute atomic E-state index is 12.3. The normalized spacial score (nSPS) is 14.5. The van der Waals surface area contributed by atoms with Gasteiger partial charge in [0.05, 0.1) is 10.3 Å². The molecule has 2 aromatic heterocycles. The molecule has 8 nitrogen and oxygen atoms in total. The number of hydrogen-bond acceptors (Lipinski definition) is 5. The van der Waals surface area contributed by atoms with E-state index in [4.69, 9.17) is 0 Å². The monoisotopic (exact) mass is 364 g/mol. The number of aryl methyl sites for hydroxylation is 1.